The van der Waals surface area contributed by atoms with E-state index in [4.69, 9.17) is 9.47 Å². The molecule has 96 valence electrons. The van der Waals surface area contributed by atoms with E-state index in [2.05, 4.69) is 31.3 Å². The number of benzene rings is 1. The number of methoxy groups -OCH3 is 2. The summed E-state index contributed by atoms with van der Waals surface area (Å²) >= 11 is 0. The Balaban J connectivity index is 2.48. The van der Waals surface area contributed by atoms with Crippen molar-refractivity contribution >= 4 is 0 Å². The molecule has 2 atom stereocenters. The first-order valence-electron chi connectivity index (χ1n) is 6.03. The molecule has 1 aromatic carbocycles. The third kappa shape index (κ3) is 4.75. The van der Waals surface area contributed by atoms with Gasteiger partial charge >= 0.3 is 0 Å². The van der Waals surface area contributed by atoms with Gasteiger partial charge in [-0.2, -0.15) is 0 Å². The number of rotatable bonds is 7. The molecule has 0 aliphatic heterocycles. The Morgan fingerprint density at radius 1 is 1.24 bits per heavy atom. The van der Waals surface area contributed by atoms with Gasteiger partial charge in [-0.1, -0.05) is 19.1 Å². The largest absolute Gasteiger partial charge is 0.497 e. The molecule has 1 rings (SSSR count). The fourth-order valence-corrected chi connectivity index (χ4v) is 1.75. The van der Waals surface area contributed by atoms with Crippen LogP contribution in [0.2, 0.25) is 0 Å². The zero-order valence-corrected chi connectivity index (χ0v) is 11.2. The number of hydrogen-bond acceptors (Lipinski definition) is 3. The van der Waals surface area contributed by atoms with E-state index in [1.165, 1.54) is 5.56 Å². The molecule has 1 N–H and O–H groups in total. The predicted octanol–water partition coefficient (Wildman–Crippen LogP) is 2.63. The van der Waals surface area contributed by atoms with Crippen molar-refractivity contribution in [3.8, 4) is 5.75 Å². The van der Waals surface area contributed by atoms with Gasteiger partial charge in [-0.15, -0.1) is 0 Å². The number of hydrogen-bond donors (Lipinski definition) is 1. The molecule has 3 heteroatoms. The van der Waals surface area contributed by atoms with Crippen molar-refractivity contribution in [1.29, 1.82) is 0 Å². The van der Waals surface area contributed by atoms with Crippen LogP contribution in [0.5, 0.6) is 5.75 Å². The SMILES string of the molecule is COCC(C)CNC(C)c1cccc(OC)c1. The summed E-state index contributed by atoms with van der Waals surface area (Å²) in [5.41, 5.74) is 1.24. The molecule has 0 aliphatic rings. The van der Waals surface area contributed by atoms with Gasteiger partial charge in [0.1, 0.15) is 5.75 Å². The fraction of sp³-hybridized carbons (Fsp3) is 0.571. The van der Waals surface area contributed by atoms with Crippen LogP contribution in [0.3, 0.4) is 0 Å². The summed E-state index contributed by atoms with van der Waals surface area (Å²) in [6, 6.07) is 8.48. The quantitative estimate of drug-likeness (QED) is 0.790. The Hall–Kier alpha value is -1.06. The monoisotopic (exact) mass is 237 g/mol. The minimum Gasteiger partial charge on any atom is -0.497 e. The van der Waals surface area contributed by atoms with E-state index in [0.717, 1.165) is 18.9 Å². The molecule has 0 aliphatic carbocycles. The molecule has 2 unspecified atom stereocenters. The molecule has 0 spiro atoms. The number of ether oxygens (including phenoxy) is 2. The van der Waals surface area contributed by atoms with Crippen LogP contribution in [0.25, 0.3) is 0 Å². The Morgan fingerprint density at radius 3 is 2.65 bits per heavy atom. The Kier molecular flexibility index (Phi) is 6.01. The highest BCUT2D eigenvalue weighted by molar-refractivity contribution is 5.30. The van der Waals surface area contributed by atoms with Gasteiger partial charge < -0.3 is 14.8 Å². The zero-order valence-electron chi connectivity index (χ0n) is 11.2. The van der Waals surface area contributed by atoms with E-state index in [1.54, 1.807) is 14.2 Å². The van der Waals surface area contributed by atoms with Gasteiger partial charge in [-0.3, -0.25) is 0 Å². The molecular formula is C14H23NO2. The van der Waals surface area contributed by atoms with Gasteiger partial charge in [0.2, 0.25) is 0 Å². The van der Waals surface area contributed by atoms with Crippen LogP contribution >= 0.6 is 0 Å². The summed E-state index contributed by atoms with van der Waals surface area (Å²) in [6.45, 7) is 6.08. The Morgan fingerprint density at radius 2 is 2.00 bits per heavy atom. The lowest BCUT2D eigenvalue weighted by Gasteiger charge is -2.18. The van der Waals surface area contributed by atoms with E-state index in [9.17, 15) is 0 Å². The molecule has 0 saturated heterocycles. The maximum atomic E-state index is 5.22. The first-order chi connectivity index (χ1) is 8.17. The van der Waals surface area contributed by atoms with Gasteiger partial charge in [-0.25, -0.2) is 0 Å². The van der Waals surface area contributed by atoms with Crippen LogP contribution in [0.4, 0.5) is 0 Å². The maximum absolute atomic E-state index is 5.22. The second-order valence-electron chi connectivity index (χ2n) is 4.47. The van der Waals surface area contributed by atoms with Crippen molar-refractivity contribution < 1.29 is 9.47 Å². The lowest BCUT2D eigenvalue weighted by Crippen LogP contribution is -2.26. The van der Waals surface area contributed by atoms with Gasteiger partial charge in [0.25, 0.3) is 0 Å². The average Bonchev–Trinajstić information content (AvgIpc) is 2.36. The van der Waals surface area contributed by atoms with E-state index in [0.29, 0.717) is 12.0 Å². The molecule has 0 heterocycles. The minimum atomic E-state index is 0.324. The molecule has 0 saturated carbocycles. The lowest BCUT2D eigenvalue weighted by molar-refractivity contribution is 0.157. The Labute approximate surface area is 104 Å². The highest BCUT2D eigenvalue weighted by atomic mass is 16.5. The first kappa shape index (κ1) is 14.0. The van der Waals surface area contributed by atoms with Gasteiger partial charge in [-0.05, 0) is 30.5 Å². The van der Waals surface area contributed by atoms with Crippen molar-refractivity contribution in [1.82, 2.24) is 5.32 Å². The standard InChI is InChI=1S/C14H23NO2/c1-11(10-16-3)9-15-12(2)13-6-5-7-14(8-13)17-4/h5-8,11-12,15H,9-10H2,1-4H3. The summed E-state index contributed by atoms with van der Waals surface area (Å²) in [4.78, 5) is 0. The summed E-state index contributed by atoms with van der Waals surface area (Å²) in [7, 11) is 3.43. The van der Waals surface area contributed by atoms with Gasteiger partial charge in [0.05, 0.1) is 7.11 Å². The van der Waals surface area contributed by atoms with Crippen LogP contribution < -0.4 is 10.1 Å². The topological polar surface area (TPSA) is 30.5 Å². The maximum Gasteiger partial charge on any atom is 0.119 e. The molecule has 0 fully saturated rings. The summed E-state index contributed by atoms with van der Waals surface area (Å²) in [6.07, 6.45) is 0. The predicted molar refractivity (Wildman–Crippen MR) is 70.5 cm³/mol. The normalized spacial score (nSPS) is 14.4. The van der Waals surface area contributed by atoms with E-state index < -0.39 is 0 Å². The minimum absolute atomic E-state index is 0.324. The van der Waals surface area contributed by atoms with Crippen LogP contribution in [-0.4, -0.2) is 27.4 Å². The summed E-state index contributed by atoms with van der Waals surface area (Å²) < 4.78 is 10.3. The van der Waals surface area contributed by atoms with Crippen LogP contribution in [-0.2, 0) is 4.74 Å². The van der Waals surface area contributed by atoms with E-state index >= 15 is 0 Å². The molecular weight excluding hydrogens is 214 g/mol. The van der Waals surface area contributed by atoms with E-state index in [-0.39, 0.29) is 0 Å². The second-order valence-corrected chi connectivity index (χ2v) is 4.47. The summed E-state index contributed by atoms with van der Waals surface area (Å²) in [5, 5.41) is 3.50. The smallest absolute Gasteiger partial charge is 0.119 e. The van der Waals surface area contributed by atoms with Crippen molar-refractivity contribution in [3.63, 3.8) is 0 Å². The van der Waals surface area contributed by atoms with Crippen molar-refractivity contribution in [3.05, 3.63) is 29.8 Å². The van der Waals surface area contributed by atoms with Crippen molar-refractivity contribution in [2.24, 2.45) is 5.92 Å². The molecule has 1 aromatic rings. The molecule has 0 radical (unpaired) electrons. The molecule has 0 bridgehead atoms. The van der Waals surface area contributed by atoms with Crippen LogP contribution in [0.1, 0.15) is 25.5 Å². The Bertz CT molecular complexity index is 328. The van der Waals surface area contributed by atoms with Crippen molar-refractivity contribution in [2.75, 3.05) is 27.4 Å². The second kappa shape index (κ2) is 7.30. The molecule has 17 heavy (non-hydrogen) atoms. The highest BCUT2D eigenvalue weighted by Crippen LogP contribution is 2.18. The number of nitrogens with one attached hydrogen (secondary N) is 1. The first-order valence-corrected chi connectivity index (χ1v) is 6.03. The zero-order chi connectivity index (χ0) is 12.7. The van der Waals surface area contributed by atoms with E-state index in [1.807, 2.05) is 12.1 Å². The van der Waals surface area contributed by atoms with Crippen LogP contribution in [0.15, 0.2) is 24.3 Å². The summed E-state index contributed by atoms with van der Waals surface area (Å²) in [5.74, 6) is 1.43. The third-order valence-corrected chi connectivity index (χ3v) is 2.82. The lowest BCUT2D eigenvalue weighted by atomic mass is 10.1. The molecule has 0 amide bonds. The average molecular weight is 237 g/mol. The highest BCUT2D eigenvalue weighted by Gasteiger charge is 2.08. The van der Waals surface area contributed by atoms with Gasteiger partial charge in [0.15, 0.2) is 0 Å². The van der Waals surface area contributed by atoms with Crippen LogP contribution in [0, 0.1) is 5.92 Å². The molecule has 0 aromatic heterocycles. The fourth-order valence-electron chi connectivity index (χ4n) is 1.75. The third-order valence-electron chi connectivity index (χ3n) is 2.82. The molecule has 3 nitrogen and oxygen atoms in total. The van der Waals surface area contributed by atoms with Crippen molar-refractivity contribution in [2.45, 2.75) is 19.9 Å². The van der Waals surface area contributed by atoms with Gasteiger partial charge in [0, 0.05) is 26.3 Å².